The molecule has 1 heterocycles. The number of carbonyl (C=O) groups excluding carboxylic acids is 2. The number of esters is 1. The number of aromatic nitrogens is 1. The summed E-state index contributed by atoms with van der Waals surface area (Å²) in [6.45, 7) is 4.26. The fourth-order valence-corrected chi connectivity index (χ4v) is 1.66. The number of hydrogen-bond acceptors (Lipinski definition) is 4. The molecule has 0 aliphatic rings. The van der Waals surface area contributed by atoms with Gasteiger partial charge in [-0.3, -0.25) is 4.79 Å². The Labute approximate surface area is 106 Å². The molecule has 1 amide bonds. The first-order chi connectivity index (χ1) is 8.45. The van der Waals surface area contributed by atoms with Crippen LogP contribution in [0.15, 0.2) is 12.1 Å². The van der Waals surface area contributed by atoms with E-state index < -0.39 is 12.0 Å². The highest BCUT2D eigenvalue weighted by Crippen LogP contribution is 2.06. The molecule has 4 N–H and O–H groups in total. The lowest BCUT2D eigenvalue weighted by Gasteiger charge is -2.18. The number of hydrogen-bond donors (Lipinski definition) is 3. The highest BCUT2D eigenvalue weighted by atomic mass is 16.5. The molecule has 1 aromatic heterocycles. The lowest BCUT2D eigenvalue weighted by molar-refractivity contribution is -0.121. The molecule has 0 aromatic carbocycles. The molecule has 1 aromatic rings. The number of methoxy groups -OCH3 is 1. The van der Waals surface area contributed by atoms with Crippen LogP contribution < -0.4 is 11.1 Å². The van der Waals surface area contributed by atoms with E-state index in [-0.39, 0.29) is 11.8 Å². The molecule has 6 heteroatoms. The van der Waals surface area contributed by atoms with Gasteiger partial charge in [-0.15, -0.1) is 0 Å². The van der Waals surface area contributed by atoms with Crippen molar-refractivity contribution in [3.05, 3.63) is 23.5 Å². The molecule has 0 bridgehead atoms. The molecule has 18 heavy (non-hydrogen) atoms. The van der Waals surface area contributed by atoms with Gasteiger partial charge in [0.25, 0.3) is 0 Å². The van der Waals surface area contributed by atoms with Crippen molar-refractivity contribution in [2.45, 2.75) is 26.4 Å². The van der Waals surface area contributed by atoms with Crippen molar-refractivity contribution >= 4 is 11.9 Å². The van der Waals surface area contributed by atoms with Crippen molar-refractivity contribution in [3.8, 4) is 0 Å². The minimum absolute atomic E-state index is 0.109. The Hall–Kier alpha value is -1.82. The van der Waals surface area contributed by atoms with Crippen LogP contribution in [0, 0.1) is 5.92 Å². The standard InChI is InChI=1S/C12H19N3O3/c1-7(2)10(11(13)16)14-6-8-4-5-9(15-8)12(17)18-3/h4-5,7,10,14-15H,6H2,1-3H3,(H2,13,16). The summed E-state index contributed by atoms with van der Waals surface area (Å²) >= 11 is 0. The summed E-state index contributed by atoms with van der Waals surface area (Å²) in [5.41, 5.74) is 6.47. The largest absolute Gasteiger partial charge is 0.464 e. The zero-order valence-corrected chi connectivity index (χ0v) is 10.8. The number of H-pyrrole nitrogens is 1. The number of rotatable bonds is 6. The Morgan fingerprint density at radius 1 is 1.44 bits per heavy atom. The first-order valence-corrected chi connectivity index (χ1v) is 5.74. The van der Waals surface area contributed by atoms with Crippen LogP contribution in [-0.2, 0) is 16.1 Å². The first-order valence-electron chi connectivity index (χ1n) is 5.74. The maximum atomic E-state index is 11.2. The number of carbonyl (C=O) groups is 2. The van der Waals surface area contributed by atoms with E-state index in [9.17, 15) is 9.59 Å². The smallest absolute Gasteiger partial charge is 0.354 e. The zero-order chi connectivity index (χ0) is 13.7. The van der Waals surface area contributed by atoms with E-state index in [0.717, 1.165) is 5.69 Å². The number of amides is 1. The van der Waals surface area contributed by atoms with Crippen molar-refractivity contribution in [3.63, 3.8) is 0 Å². The first kappa shape index (κ1) is 14.2. The van der Waals surface area contributed by atoms with Crippen molar-refractivity contribution < 1.29 is 14.3 Å². The number of aromatic amines is 1. The fourth-order valence-electron chi connectivity index (χ4n) is 1.66. The molecule has 100 valence electrons. The van der Waals surface area contributed by atoms with E-state index in [0.29, 0.717) is 12.2 Å². The third-order valence-corrected chi connectivity index (χ3v) is 2.64. The lowest BCUT2D eigenvalue weighted by atomic mass is 10.0. The van der Waals surface area contributed by atoms with Crippen LogP contribution in [0.3, 0.4) is 0 Å². The minimum atomic E-state index is -0.420. The maximum Gasteiger partial charge on any atom is 0.354 e. The highest BCUT2D eigenvalue weighted by molar-refractivity contribution is 5.87. The van der Waals surface area contributed by atoms with Crippen molar-refractivity contribution in [2.75, 3.05) is 7.11 Å². The number of primary amides is 1. The molecule has 1 rings (SSSR count). The monoisotopic (exact) mass is 253 g/mol. The number of ether oxygens (including phenoxy) is 1. The van der Waals surface area contributed by atoms with Crippen molar-refractivity contribution in [1.82, 2.24) is 10.3 Å². The Kier molecular flexibility index (Phi) is 4.91. The average molecular weight is 253 g/mol. The van der Waals surface area contributed by atoms with Gasteiger partial charge in [-0.1, -0.05) is 13.8 Å². The third kappa shape index (κ3) is 3.59. The molecule has 6 nitrogen and oxygen atoms in total. The second-order valence-corrected chi connectivity index (χ2v) is 4.39. The van der Waals surface area contributed by atoms with Gasteiger partial charge in [0.15, 0.2) is 0 Å². The summed E-state index contributed by atoms with van der Waals surface area (Å²) in [5, 5.41) is 3.05. The Balaban J connectivity index is 2.60. The van der Waals surface area contributed by atoms with E-state index >= 15 is 0 Å². The van der Waals surface area contributed by atoms with Gasteiger partial charge in [0, 0.05) is 12.2 Å². The molecule has 1 atom stereocenters. The van der Waals surface area contributed by atoms with Gasteiger partial charge in [0.2, 0.25) is 5.91 Å². The summed E-state index contributed by atoms with van der Waals surface area (Å²) in [4.78, 5) is 25.3. The Morgan fingerprint density at radius 3 is 2.61 bits per heavy atom. The topological polar surface area (TPSA) is 97.2 Å². The summed E-state index contributed by atoms with van der Waals surface area (Å²) < 4.78 is 4.59. The Morgan fingerprint density at radius 2 is 2.11 bits per heavy atom. The van der Waals surface area contributed by atoms with E-state index in [1.807, 2.05) is 13.8 Å². The molecular weight excluding hydrogens is 234 g/mol. The van der Waals surface area contributed by atoms with E-state index in [1.165, 1.54) is 7.11 Å². The number of nitrogens with two attached hydrogens (primary N) is 1. The van der Waals surface area contributed by atoms with Gasteiger partial charge >= 0.3 is 5.97 Å². The second-order valence-electron chi connectivity index (χ2n) is 4.39. The van der Waals surface area contributed by atoms with E-state index in [1.54, 1.807) is 12.1 Å². The van der Waals surface area contributed by atoms with Crippen molar-refractivity contribution in [2.24, 2.45) is 11.7 Å². The predicted octanol–water partition coefficient (Wildman–Crippen LogP) is 0.401. The maximum absolute atomic E-state index is 11.2. The summed E-state index contributed by atoms with van der Waals surface area (Å²) in [5.74, 6) is -0.696. The number of nitrogens with one attached hydrogen (secondary N) is 2. The Bertz CT molecular complexity index is 426. The molecule has 0 aliphatic heterocycles. The van der Waals surface area contributed by atoms with Crippen LogP contribution in [0.1, 0.15) is 30.0 Å². The average Bonchev–Trinajstić information content (AvgIpc) is 2.76. The van der Waals surface area contributed by atoms with Crippen molar-refractivity contribution in [1.29, 1.82) is 0 Å². The van der Waals surface area contributed by atoms with Crippen LogP contribution in [0.2, 0.25) is 0 Å². The minimum Gasteiger partial charge on any atom is -0.464 e. The van der Waals surface area contributed by atoms with Gasteiger partial charge in [-0.25, -0.2) is 4.79 Å². The molecule has 0 fully saturated rings. The van der Waals surface area contributed by atoms with E-state index in [4.69, 9.17) is 5.73 Å². The van der Waals surface area contributed by atoms with Gasteiger partial charge < -0.3 is 20.8 Å². The predicted molar refractivity (Wildman–Crippen MR) is 66.8 cm³/mol. The van der Waals surface area contributed by atoms with Crippen LogP contribution in [0.25, 0.3) is 0 Å². The zero-order valence-electron chi connectivity index (χ0n) is 10.8. The van der Waals surface area contributed by atoms with E-state index in [2.05, 4.69) is 15.0 Å². The summed E-state index contributed by atoms with van der Waals surface area (Å²) in [7, 11) is 1.32. The molecular formula is C12H19N3O3. The molecule has 0 saturated heterocycles. The van der Waals surface area contributed by atoms with Crippen LogP contribution in [0.5, 0.6) is 0 Å². The fraction of sp³-hybridized carbons (Fsp3) is 0.500. The molecule has 0 saturated carbocycles. The van der Waals surface area contributed by atoms with Crippen LogP contribution in [-0.4, -0.2) is 30.0 Å². The normalized spacial score (nSPS) is 12.4. The van der Waals surface area contributed by atoms with Gasteiger partial charge in [0.1, 0.15) is 5.69 Å². The SMILES string of the molecule is COC(=O)c1ccc(CNC(C(N)=O)C(C)C)[nH]1. The van der Waals surface area contributed by atoms with Gasteiger partial charge in [0.05, 0.1) is 13.2 Å². The molecule has 0 aliphatic carbocycles. The van der Waals surface area contributed by atoms with Crippen LogP contribution >= 0.6 is 0 Å². The quantitative estimate of drug-likeness (QED) is 0.639. The summed E-state index contributed by atoms with van der Waals surface area (Å²) in [6, 6.07) is 3.00. The third-order valence-electron chi connectivity index (χ3n) is 2.64. The highest BCUT2D eigenvalue weighted by Gasteiger charge is 2.18. The molecule has 0 radical (unpaired) electrons. The van der Waals surface area contributed by atoms with Gasteiger partial charge in [-0.05, 0) is 18.1 Å². The molecule has 1 unspecified atom stereocenters. The molecule has 0 spiro atoms. The van der Waals surface area contributed by atoms with Crippen LogP contribution in [0.4, 0.5) is 0 Å². The summed E-state index contributed by atoms with van der Waals surface area (Å²) in [6.07, 6.45) is 0. The lowest BCUT2D eigenvalue weighted by Crippen LogP contribution is -2.44. The second kappa shape index (κ2) is 6.20. The van der Waals surface area contributed by atoms with Gasteiger partial charge in [-0.2, -0.15) is 0 Å².